The first-order valence-corrected chi connectivity index (χ1v) is 7.25. The molecule has 1 aliphatic rings. The monoisotopic (exact) mass is 265 g/mol. The molecule has 7 heteroatoms. The van der Waals surface area contributed by atoms with Crippen molar-refractivity contribution in [2.75, 3.05) is 39.2 Å². The molecule has 1 fully saturated rings. The van der Waals surface area contributed by atoms with Crippen molar-refractivity contribution in [3.8, 4) is 0 Å². The maximum absolute atomic E-state index is 11.9. The molecule has 1 unspecified atom stereocenters. The van der Waals surface area contributed by atoms with Gasteiger partial charge in [0.2, 0.25) is 10.0 Å². The van der Waals surface area contributed by atoms with Gasteiger partial charge >= 0.3 is 5.97 Å². The van der Waals surface area contributed by atoms with Crippen LogP contribution in [0.1, 0.15) is 13.3 Å². The van der Waals surface area contributed by atoms with E-state index in [2.05, 4.69) is 4.74 Å². The Bertz CT molecular complexity index is 354. The van der Waals surface area contributed by atoms with Crippen molar-refractivity contribution in [3.63, 3.8) is 0 Å². The van der Waals surface area contributed by atoms with Gasteiger partial charge in [-0.15, -0.1) is 0 Å². The van der Waals surface area contributed by atoms with Gasteiger partial charge in [-0.05, 0) is 13.3 Å². The summed E-state index contributed by atoms with van der Waals surface area (Å²) in [6.45, 7) is 3.11. The van der Waals surface area contributed by atoms with Crippen LogP contribution in [0.25, 0.3) is 0 Å². The molecule has 0 spiro atoms. The number of methoxy groups -OCH3 is 1. The lowest BCUT2D eigenvalue weighted by Gasteiger charge is -2.15. The van der Waals surface area contributed by atoms with E-state index in [1.54, 1.807) is 0 Å². The third-order valence-corrected chi connectivity index (χ3v) is 4.57. The van der Waals surface area contributed by atoms with Gasteiger partial charge in [0.25, 0.3) is 0 Å². The number of carbonyl (C=O) groups is 1. The highest BCUT2D eigenvalue weighted by Gasteiger charge is 2.35. The van der Waals surface area contributed by atoms with Gasteiger partial charge in [-0.3, -0.25) is 4.79 Å². The number of hydrogen-bond donors (Lipinski definition) is 0. The molecule has 6 nitrogen and oxygen atoms in total. The second kappa shape index (κ2) is 6.32. The summed E-state index contributed by atoms with van der Waals surface area (Å²) < 4.78 is 34.7. The number of hydrogen-bond acceptors (Lipinski definition) is 5. The number of ether oxygens (including phenoxy) is 2. The molecule has 0 aliphatic carbocycles. The Morgan fingerprint density at radius 3 is 2.76 bits per heavy atom. The third kappa shape index (κ3) is 3.93. The molecule has 0 saturated carbocycles. The Kier molecular flexibility index (Phi) is 5.35. The molecular weight excluding hydrogens is 246 g/mol. The van der Waals surface area contributed by atoms with Crippen LogP contribution in [0.5, 0.6) is 0 Å². The molecule has 0 aromatic carbocycles. The first-order valence-electron chi connectivity index (χ1n) is 5.64. The van der Waals surface area contributed by atoms with Crippen LogP contribution in [0.15, 0.2) is 0 Å². The summed E-state index contributed by atoms with van der Waals surface area (Å²) in [5, 5.41) is 0. The maximum Gasteiger partial charge on any atom is 0.310 e. The van der Waals surface area contributed by atoms with Gasteiger partial charge in [-0.2, -0.15) is 0 Å². The van der Waals surface area contributed by atoms with Crippen LogP contribution in [-0.2, 0) is 24.3 Å². The highest BCUT2D eigenvalue weighted by Crippen LogP contribution is 2.20. The first-order chi connectivity index (χ1) is 8.01. The smallest absolute Gasteiger partial charge is 0.310 e. The zero-order valence-electron chi connectivity index (χ0n) is 10.2. The molecule has 0 amide bonds. The lowest BCUT2D eigenvalue weighted by atomic mass is 10.1. The zero-order valence-corrected chi connectivity index (χ0v) is 11.0. The number of nitrogens with zero attached hydrogens (tertiary/aromatic N) is 1. The van der Waals surface area contributed by atoms with Gasteiger partial charge in [0.05, 0.1) is 25.4 Å². The number of carbonyl (C=O) groups excluding carboxylic acids is 1. The van der Waals surface area contributed by atoms with E-state index in [1.807, 2.05) is 6.92 Å². The highest BCUT2D eigenvalue weighted by molar-refractivity contribution is 7.89. The number of sulfonamides is 1. The molecule has 0 bridgehead atoms. The average Bonchev–Trinajstić information content (AvgIpc) is 2.78. The molecule has 1 rings (SSSR count). The van der Waals surface area contributed by atoms with E-state index in [0.717, 1.165) is 0 Å². The molecule has 17 heavy (non-hydrogen) atoms. The molecule has 0 aromatic heterocycles. The van der Waals surface area contributed by atoms with Gasteiger partial charge in [0, 0.05) is 19.7 Å². The lowest BCUT2D eigenvalue weighted by Crippen LogP contribution is -2.33. The van der Waals surface area contributed by atoms with Gasteiger partial charge in [-0.25, -0.2) is 12.7 Å². The lowest BCUT2D eigenvalue weighted by molar-refractivity contribution is -0.144. The molecule has 1 heterocycles. The second-order valence-corrected chi connectivity index (χ2v) is 5.97. The quantitative estimate of drug-likeness (QED) is 0.493. The van der Waals surface area contributed by atoms with Crippen molar-refractivity contribution < 1.29 is 22.7 Å². The molecule has 0 aromatic rings. The molecule has 1 saturated heterocycles. The predicted octanol–water partition coefficient (Wildman–Crippen LogP) is -0.152. The minimum atomic E-state index is -3.31. The molecule has 0 N–H and O–H groups in total. The van der Waals surface area contributed by atoms with Gasteiger partial charge < -0.3 is 9.47 Å². The molecule has 100 valence electrons. The van der Waals surface area contributed by atoms with Crippen LogP contribution in [0.4, 0.5) is 0 Å². The molecule has 1 atom stereocenters. The van der Waals surface area contributed by atoms with E-state index >= 15 is 0 Å². The van der Waals surface area contributed by atoms with Crippen molar-refractivity contribution >= 4 is 16.0 Å². The van der Waals surface area contributed by atoms with Crippen LogP contribution in [-0.4, -0.2) is 57.9 Å². The van der Waals surface area contributed by atoms with Crippen molar-refractivity contribution in [2.45, 2.75) is 13.3 Å². The summed E-state index contributed by atoms with van der Waals surface area (Å²) in [5.41, 5.74) is 0. The van der Waals surface area contributed by atoms with Crippen molar-refractivity contribution in [1.29, 1.82) is 0 Å². The van der Waals surface area contributed by atoms with Crippen molar-refractivity contribution in [1.82, 2.24) is 4.31 Å². The number of rotatable bonds is 6. The normalized spacial score (nSPS) is 21.6. The second-order valence-electron chi connectivity index (χ2n) is 3.88. The Labute approximate surface area is 102 Å². The first kappa shape index (κ1) is 14.4. The van der Waals surface area contributed by atoms with E-state index in [1.165, 1.54) is 11.4 Å². The van der Waals surface area contributed by atoms with E-state index in [-0.39, 0.29) is 30.8 Å². The van der Waals surface area contributed by atoms with Crippen molar-refractivity contribution in [3.05, 3.63) is 0 Å². The zero-order chi connectivity index (χ0) is 12.9. The van der Waals surface area contributed by atoms with E-state index in [0.29, 0.717) is 19.6 Å². The van der Waals surface area contributed by atoms with Gasteiger partial charge in [0.1, 0.15) is 0 Å². The fraction of sp³-hybridized carbons (Fsp3) is 0.900. The van der Waals surface area contributed by atoms with Crippen LogP contribution in [0, 0.1) is 5.92 Å². The summed E-state index contributed by atoms with van der Waals surface area (Å²) in [4.78, 5) is 11.3. The Morgan fingerprint density at radius 2 is 2.18 bits per heavy atom. The summed E-state index contributed by atoms with van der Waals surface area (Å²) in [7, 11) is -1.99. The summed E-state index contributed by atoms with van der Waals surface area (Å²) in [6, 6.07) is 0. The predicted molar refractivity (Wildman–Crippen MR) is 62.0 cm³/mol. The highest BCUT2D eigenvalue weighted by atomic mass is 32.2. The van der Waals surface area contributed by atoms with Gasteiger partial charge in [-0.1, -0.05) is 0 Å². The van der Waals surface area contributed by atoms with E-state index < -0.39 is 10.0 Å². The molecule has 1 aliphatic heterocycles. The Hall–Kier alpha value is -0.660. The third-order valence-electron chi connectivity index (χ3n) is 2.77. The molecular formula is C10H19NO5S. The summed E-state index contributed by atoms with van der Waals surface area (Å²) >= 11 is 0. The van der Waals surface area contributed by atoms with Crippen LogP contribution < -0.4 is 0 Å². The summed E-state index contributed by atoms with van der Waals surface area (Å²) in [5.74, 6) is -0.705. The molecule has 0 radical (unpaired) electrons. The fourth-order valence-electron chi connectivity index (χ4n) is 1.78. The number of esters is 1. The Balaban J connectivity index is 2.49. The van der Waals surface area contributed by atoms with Crippen LogP contribution in [0.2, 0.25) is 0 Å². The van der Waals surface area contributed by atoms with E-state index in [4.69, 9.17) is 4.74 Å². The maximum atomic E-state index is 11.9. The standard InChI is InChI=1S/C10H19NO5S/c1-3-16-6-7-17(13,14)11-5-4-9(8-11)10(12)15-2/h9H,3-8H2,1-2H3. The minimum Gasteiger partial charge on any atom is -0.469 e. The van der Waals surface area contributed by atoms with Gasteiger partial charge in [0.15, 0.2) is 0 Å². The topological polar surface area (TPSA) is 72.9 Å². The fourth-order valence-corrected chi connectivity index (χ4v) is 3.15. The summed E-state index contributed by atoms with van der Waals surface area (Å²) in [6.07, 6.45) is 0.528. The van der Waals surface area contributed by atoms with Crippen LogP contribution >= 0.6 is 0 Å². The van der Waals surface area contributed by atoms with Crippen molar-refractivity contribution in [2.24, 2.45) is 5.92 Å². The Morgan fingerprint density at radius 1 is 1.47 bits per heavy atom. The largest absolute Gasteiger partial charge is 0.469 e. The SMILES string of the molecule is CCOCCS(=O)(=O)N1CCC(C(=O)OC)C1. The van der Waals surface area contributed by atoms with E-state index in [9.17, 15) is 13.2 Å². The average molecular weight is 265 g/mol. The minimum absolute atomic E-state index is 0.0330. The van der Waals surface area contributed by atoms with Crippen LogP contribution in [0.3, 0.4) is 0 Å².